The summed E-state index contributed by atoms with van der Waals surface area (Å²) in [6, 6.07) is 0. The second-order valence-electron chi connectivity index (χ2n) is 4.18. The fourth-order valence-corrected chi connectivity index (χ4v) is 1.73. The first-order valence-electron chi connectivity index (χ1n) is 4.40. The molecule has 2 unspecified atom stereocenters. The second-order valence-corrected chi connectivity index (χ2v) is 4.18. The summed E-state index contributed by atoms with van der Waals surface area (Å²) < 4.78 is 0. The van der Waals surface area contributed by atoms with Gasteiger partial charge in [0.1, 0.15) is 0 Å². The maximum absolute atomic E-state index is 9.17. The van der Waals surface area contributed by atoms with Gasteiger partial charge in [0.15, 0.2) is 0 Å². The number of rotatable bonds is 1. The summed E-state index contributed by atoms with van der Waals surface area (Å²) in [6.45, 7) is 5.82. The zero-order valence-corrected chi connectivity index (χ0v) is 7.80. The molecule has 2 atom stereocenters. The largest absolute Gasteiger partial charge is 0.394 e. The van der Waals surface area contributed by atoms with Crippen LogP contribution in [0.5, 0.6) is 0 Å². The maximum atomic E-state index is 9.17. The van der Waals surface area contributed by atoms with Gasteiger partial charge in [-0.2, -0.15) is 0 Å². The zero-order chi connectivity index (χ0) is 8.48. The molecule has 0 aromatic heterocycles. The van der Waals surface area contributed by atoms with Crippen molar-refractivity contribution in [2.75, 3.05) is 20.2 Å². The van der Waals surface area contributed by atoms with E-state index in [2.05, 4.69) is 25.8 Å². The monoisotopic (exact) mass is 157 g/mol. The lowest BCUT2D eigenvalue weighted by Crippen LogP contribution is -2.52. The van der Waals surface area contributed by atoms with Crippen LogP contribution < -0.4 is 0 Å². The van der Waals surface area contributed by atoms with E-state index in [9.17, 15) is 0 Å². The molecule has 1 N–H and O–H groups in total. The fraction of sp³-hybridized carbons (Fsp3) is 1.00. The summed E-state index contributed by atoms with van der Waals surface area (Å²) >= 11 is 0. The molecule has 2 heteroatoms. The summed E-state index contributed by atoms with van der Waals surface area (Å²) in [7, 11) is 2.10. The van der Waals surface area contributed by atoms with Crippen LogP contribution in [-0.2, 0) is 0 Å². The molecule has 1 aliphatic rings. The summed E-state index contributed by atoms with van der Waals surface area (Å²) in [5.74, 6) is 0.791. The maximum Gasteiger partial charge on any atom is 0.0612 e. The molecule has 2 nitrogen and oxygen atoms in total. The van der Waals surface area contributed by atoms with Gasteiger partial charge in [0, 0.05) is 12.1 Å². The third-order valence-corrected chi connectivity index (χ3v) is 3.02. The molecule has 1 saturated heterocycles. The molecule has 0 saturated carbocycles. The number of likely N-dealkylation sites (N-methyl/N-ethyl adjacent to an activating group) is 1. The van der Waals surface area contributed by atoms with Gasteiger partial charge in [0.2, 0.25) is 0 Å². The van der Waals surface area contributed by atoms with Gasteiger partial charge in [-0.3, -0.25) is 4.90 Å². The van der Waals surface area contributed by atoms with E-state index in [1.807, 2.05) is 0 Å². The van der Waals surface area contributed by atoms with Gasteiger partial charge in [0.25, 0.3) is 0 Å². The number of aliphatic hydroxyl groups is 1. The predicted octanol–water partition coefficient (Wildman–Crippen LogP) is 1.10. The number of nitrogens with zero attached hydrogens (tertiary/aromatic N) is 1. The molecule has 1 aliphatic heterocycles. The van der Waals surface area contributed by atoms with E-state index in [0.29, 0.717) is 0 Å². The van der Waals surface area contributed by atoms with Gasteiger partial charge < -0.3 is 5.11 Å². The van der Waals surface area contributed by atoms with E-state index in [1.165, 1.54) is 6.42 Å². The first-order chi connectivity index (χ1) is 5.08. The Labute approximate surface area is 69.2 Å². The van der Waals surface area contributed by atoms with Crippen LogP contribution in [0.25, 0.3) is 0 Å². The average Bonchev–Trinajstić information content (AvgIpc) is 1.98. The second kappa shape index (κ2) is 3.11. The third kappa shape index (κ3) is 1.74. The number of hydrogen-bond acceptors (Lipinski definition) is 2. The van der Waals surface area contributed by atoms with Crippen LogP contribution >= 0.6 is 0 Å². The van der Waals surface area contributed by atoms with Crippen LogP contribution in [0, 0.1) is 5.92 Å². The fourth-order valence-electron chi connectivity index (χ4n) is 1.73. The molecule has 0 aromatic carbocycles. The van der Waals surface area contributed by atoms with E-state index in [4.69, 9.17) is 5.11 Å². The van der Waals surface area contributed by atoms with Crippen molar-refractivity contribution in [2.24, 2.45) is 5.92 Å². The molecule has 0 aliphatic carbocycles. The van der Waals surface area contributed by atoms with E-state index in [0.717, 1.165) is 18.9 Å². The Morgan fingerprint density at radius 2 is 2.27 bits per heavy atom. The van der Waals surface area contributed by atoms with Crippen molar-refractivity contribution in [2.45, 2.75) is 32.2 Å². The number of piperidine rings is 1. The van der Waals surface area contributed by atoms with Gasteiger partial charge in [-0.1, -0.05) is 6.92 Å². The molecule has 0 spiro atoms. The number of aliphatic hydroxyl groups excluding tert-OH is 1. The lowest BCUT2D eigenvalue weighted by atomic mass is 9.85. The summed E-state index contributed by atoms with van der Waals surface area (Å²) in [4.78, 5) is 2.28. The van der Waals surface area contributed by atoms with Crippen LogP contribution in [0.3, 0.4) is 0 Å². The highest BCUT2D eigenvalue weighted by Crippen LogP contribution is 2.28. The number of hydrogen-bond donors (Lipinski definition) is 1. The molecule has 1 rings (SSSR count). The lowest BCUT2D eigenvalue weighted by Gasteiger charge is -2.43. The lowest BCUT2D eigenvalue weighted by molar-refractivity contribution is 0.0141. The molecular formula is C9H19NO. The van der Waals surface area contributed by atoms with E-state index in [1.54, 1.807) is 0 Å². The van der Waals surface area contributed by atoms with Crippen molar-refractivity contribution in [1.82, 2.24) is 4.90 Å². The molecule has 1 heterocycles. The topological polar surface area (TPSA) is 23.5 Å². The number of likely N-dealkylation sites (tertiary alicyclic amines) is 1. The highest BCUT2D eigenvalue weighted by molar-refractivity contribution is 4.88. The van der Waals surface area contributed by atoms with E-state index in [-0.39, 0.29) is 12.1 Å². The standard InChI is InChI=1S/C9H19NO/c1-8-4-5-9(2,7-11)10(3)6-8/h8,11H,4-7H2,1-3H3. The van der Waals surface area contributed by atoms with Gasteiger partial charge in [-0.25, -0.2) is 0 Å². The van der Waals surface area contributed by atoms with Crippen LogP contribution in [0.2, 0.25) is 0 Å². The Bertz CT molecular complexity index is 138. The van der Waals surface area contributed by atoms with E-state index >= 15 is 0 Å². The van der Waals surface area contributed by atoms with E-state index < -0.39 is 0 Å². The summed E-state index contributed by atoms with van der Waals surface area (Å²) in [5, 5.41) is 9.17. The van der Waals surface area contributed by atoms with Gasteiger partial charge in [-0.15, -0.1) is 0 Å². The molecule has 1 fully saturated rings. The van der Waals surface area contributed by atoms with Gasteiger partial charge >= 0.3 is 0 Å². The minimum atomic E-state index is 0.0481. The molecule has 11 heavy (non-hydrogen) atoms. The summed E-state index contributed by atoms with van der Waals surface area (Å²) in [6.07, 6.45) is 2.38. The van der Waals surface area contributed by atoms with Crippen molar-refractivity contribution >= 4 is 0 Å². The first kappa shape index (κ1) is 9.01. The Hall–Kier alpha value is -0.0800. The molecule has 0 radical (unpaired) electrons. The van der Waals surface area contributed by atoms with Crippen LogP contribution in [0.15, 0.2) is 0 Å². The normalized spacial score (nSPS) is 40.9. The first-order valence-corrected chi connectivity index (χ1v) is 4.40. The Balaban J connectivity index is 2.56. The zero-order valence-electron chi connectivity index (χ0n) is 7.80. The van der Waals surface area contributed by atoms with Crippen molar-refractivity contribution in [1.29, 1.82) is 0 Å². The minimum absolute atomic E-state index is 0.0481. The van der Waals surface area contributed by atoms with Crippen molar-refractivity contribution in [3.8, 4) is 0 Å². The molecule has 0 aromatic rings. The SMILES string of the molecule is CC1CCC(C)(CO)N(C)C1. The van der Waals surface area contributed by atoms with Gasteiger partial charge in [-0.05, 0) is 32.7 Å². The van der Waals surface area contributed by atoms with Crippen molar-refractivity contribution in [3.05, 3.63) is 0 Å². The van der Waals surface area contributed by atoms with Gasteiger partial charge in [0.05, 0.1) is 6.61 Å². The molecule has 0 amide bonds. The Kier molecular flexibility index (Phi) is 2.55. The highest BCUT2D eigenvalue weighted by Gasteiger charge is 2.33. The molecular weight excluding hydrogens is 138 g/mol. The molecule has 0 bridgehead atoms. The average molecular weight is 157 g/mol. The molecule has 66 valence electrons. The smallest absolute Gasteiger partial charge is 0.0612 e. The van der Waals surface area contributed by atoms with Crippen molar-refractivity contribution < 1.29 is 5.11 Å². The van der Waals surface area contributed by atoms with Crippen molar-refractivity contribution in [3.63, 3.8) is 0 Å². The van der Waals surface area contributed by atoms with Crippen LogP contribution in [-0.4, -0.2) is 35.7 Å². The summed E-state index contributed by atoms with van der Waals surface area (Å²) in [5.41, 5.74) is 0.0481. The minimum Gasteiger partial charge on any atom is -0.394 e. The Morgan fingerprint density at radius 1 is 1.64 bits per heavy atom. The quantitative estimate of drug-likeness (QED) is 0.616. The third-order valence-electron chi connectivity index (χ3n) is 3.02. The highest BCUT2D eigenvalue weighted by atomic mass is 16.3. The Morgan fingerprint density at radius 3 is 2.73 bits per heavy atom. The van der Waals surface area contributed by atoms with Crippen LogP contribution in [0.1, 0.15) is 26.7 Å². The predicted molar refractivity (Wildman–Crippen MR) is 46.5 cm³/mol. The van der Waals surface area contributed by atoms with Crippen LogP contribution in [0.4, 0.5) is 0 Å².